The van der Waals surface area contributed by atoms with E-state index in [4.69, 9.17) is 9.47 Å². The highest BCUT2D eigenvalue weighted by Gasteiger charge is 2.25. The zero-order valence-corrected chi connectivity index (χ0v) is 17.7. The van der Waals surface area contributed by atoms with Crippen molar-refractivity contribution in [1.82, 2.24) is 19.8 Å². The predicted octanol–water partition coefficient (Wildman–Crippen LogP) is 2.90. The van der Waals surface area contributed by atoms with Crippen molar-refractivity contribution >= 4 is 6.09 Å². The zero-order valence-electron chi connectivity index (χ0n) is 17.7. The zero-order chi connectivity index (χ0) is 20.6. The lowest BCUT2D eigenvalue weighted by atomic mass is 10.2. The van der Waals surface area contributed by atoms with Gasteiger partial charge in [-0.2, -0.15) is 0 Å². The van der Waals surface area contributed by atoms with E-state index in [1.54, 1.807) is 18.2 Å². The van der Waals surface area contributed by atoms with Gasteiger partial charge in [-0.25, -0.2) is 4.79 Å². The minimum atomic E-state index is -0.452. The van der Waals surface area contributed by atoms with Crippen molar-refractivity contribution in [3.63, 3.8) is 0 Å². The molecule has 27 heavy (non-hydrogen) atoms. The molecule has 1 heterocycles. The third-order valence-corrected chi connectivity index (χ3v) is 4.44. The van der Waals surface area contributed by atoms with Crippen molar-refractivity contribution < 1.29 is 14.3 Å². The molecule has 0 bridgehead atoms. The third kappa shape index (κ3) is 7.54. The molecule has 0 aromatic heterocycles. The Morgan fingerprint density at radius 2 is 1.78 bits per heavy atom. The Hall–Kier alpha value is -2.15. The van der Waals surface area contributed by atoms with E-state index in [1.807, 2.05) is 37.8 Å². The number of rotatable bonds is 9. The Bertz CT molecular complexity index is 534. The Balaban J connectivity index is 2.37. The Morgan fingerprint density at radius 1 is 1.19 bits per heavy atom. The van der Waals surface area contributed by atoms with Gasteiger partial charge in [0.2, 0.25) is 0 Å². The molecule has 1 saturated heterocycles. The van der Waals surface area contributed by atoms with Gasteiger partial charge in [0, 0.05) is 52.5 Å². The maximum absolute atomic E-state index is 12.1. The quantitative estimate of drug-likeness (QED) is 0.348. The molecule has 0 aromatic carbocycles. The predicted molar refractivity (Wildman–Crippen MR) is 109 cm³/mol. The van der Waals surface area contributed by atoms with Crippen molar-refractivity contribution in [1.29, 1.82) is 0 Å². The van der Waals surface area contributed by atoms with Crippen LogP contribution in [0.15, 0.2) is 37.4 Å². The SMILES string of the molecule is C=CN(CCCN1CCN(C(=O)OC(C)(C)C)CC1)N(C)C(=C)C(=C)OC. The van der Waals surface area contributed by atoms with Gasteiger partial charge in [-0.15, -0.1) is 0 Å². The number of carbonyl (C=O) groups is 1. The topological polar surface area (TPSA) is 48.5 Å². The molecule has 1 aliphatic rings. The summed E-state index contributed by atoms with van der Waals surface area (Å²) in [7, 11) is 3.49. The second-order valence-corrected chi connectivity index (χ2v) is 7.61. The fourth-order valence-corrected chi connectivity index (χ4v) is 2.75. The normalized spacial score (nSPS) is 15.1. The van der Waals surface area contributed by atoms with Gasteiger partial charge in [0.15, 0.2) is 0 Å². The van der Waals surface area contributed by atoms with Crippen molar-refractivity contribution in [2.45, 2.75) is 32.8 Å². The van der Waals surface area contributed by atoms with Gasteiger partial charge in [-0.05, 0) is 27.2 Å². The van der Waals surface area contributed by atoms with Crippen LogP contribution >= 0.6 is 0 Å². The van der Waals surface area contributed by atoms with Crippen LogP contribution in [0.3, 0.4) is 0 Å². The Labute approximate surface area is 164 Å². The summed E-state index contributed by atoms with van der Waals surface area (Å²) in [5.41, 5.74) is 0.246. The fraction of sp³-hybridized carbons (Fsp3) is 0.650. The van der Waals surface area contributed by atoms with Crippen LogP contribution in [0.25, 0.3) is 0 Å². The molecule has 1 aliphatic heterocycles. The number of amides is 1. The highest BCUT2D eigenvalue weighted by molar-refractivity contribution is 5.68. The van der Waals surface area contributed by atoms with Gasteiger partial charge in [0.25, 0.3) is 0 Å². The maximum atomic E-state index is 12.1. The molecule has 1 rings (SSSR count). The minimum absolute atomic E-state index is 0.224. The Morgan fingerprint density at radius 3 is 2.26 bits per heavy atom. The van der Waals surface area contributed by atoms with E-state index in [2.05, 4.69) is 24.6 Å². The first kappa shape index (κ1) is 22.9. The molecule has 0 aliphatic carbocycles. The van der Waals surface area contributed by atoms with E-state index < -0.39 is 5.60 Å². The van der Waals surface area contributed by atoms with Gasteiger partial charge in [0.1, 0.15) is 11.4 Å². The summed E-state index contributed by atoms with van der Waals surface area (Å²) in [5.74, 6) is 0.530. The molecule has 0 radical (unpaired) electrons. The lowest BCUT2D eigenvalue weighted by Crippen LogP contribution is -2.50. The summed E-state index contributed by atoms with van der Waals surface area (Å²) in [5, 5.41) is 3.88. The number of hydrogen-bond acceptors (Lipinski definition) is 6. The second-order valence-electron chi connectivity index (χ2n) is 7.61. The third-order valence-electron chi connectivity index (χ3n) is 4.44. The van der Waals surface area contributed by atoms with Crippen LogP contribution in [-0.2, 0) is 9.47 Å². The summed E-state index contributed by atoms with van der Waals surface area (Å²) in [6, 6.07) is 0. The molecule has 0 atom stereocenters. The van der Waals surface area contributed by atoms with Crippen LogP contribution in [0.1, 0.15) is 27.2 Å². The van der Waals surface area contributed by atoms with E-state index >= 15 is 0 Å². The van der Waals surface area contributed by atoms with Gasteiger partial charge in [-0.3, -0.25) is 14.9 Å². The van der Waals surface area contributed by atoms with Gasteiger partial charge >= 0.3 is 6.09 Å². The molecule has 154 valence electrons. The van der Waals surface area contributed by atoms with Crippen molar-refractivity contribution in [2.24, 2.45) is 0 Å². The molecule has 0 spiro atoms. The smallest absolute Gasteiger partial charge is 0.410 e. The van der Waals surface area contributed by atoms with Crippen LogP contribution in [0.4, 0.5) is 4.79 Å². The van der Waals surface area contributed by atoms with Gasteiger partial charge in [-0.1, -0.05) is 19.7 Å². The van der Waals surface area contributed by atoms with E-state index in [9.17, 15) is 4.79 Å². The molecule has 1 amide bonds. The molecule has 0 N–H and O–H groups in total. The number of carbonyl (C=O) groups excluding carboxylic acids is 1. The first-order valence-electron chi connectivity index (χ1n) is 9.34. The van der Waals surface area contributed by atoms with E-state index in [0.29, 0.717) is 24.5 Å². The average molecular weight is 381 g/mol. The number of nitrogens with zero attached hydrogens (tertiary/aromatic N) is 4. The number of methoxy groups -OCH3 is 1. The van der Waals surface area contributed by atoms with Crippen LogP contribution in [0, 0.1) is 0 Å². The standard InChI is InChI=1S/C20H36N4O3/c1-9-24(21(7)17(2)18(3)26-8)12-10-11-22-13-15-23(16-14-22)19(25)27-20(4,5)6/h9H,1-3,10-16H2,4-8H3. The highest BCUT2D eigenvalue weighted by atomic mass is 16.6. The molecular weight excluding hydrogens is 344 g/mol. The van der Waals surface area contributed by atoms with Crippen LogP contribution in [0.2, 0.25) is 0 Å². The fourth-order valence-electron chi connectivity index (χ4n) is 2.75. The Kier molecular flexibility index (Phi) is 8.69. The van der Waals surface area contributed by atoms with E-state index in [1.165, 1.54) is 0 Å². The van der Waals surface area contributed by atoms with Crippen molar-refractivity contribution in [3.05, 3.63) is 37.4 Å². The van der Waals surface area contributed by atoms with Gasteiger partial charge < -0.3 is 14.4 Å². The maximum Gasteiger partial charge on any atom is 0.410 e. The number of piperazine rings is 1. The lowest BCUT2D eigenvalue weighted by molar-refractivity contribution is 0.0137. The van der Waals surface area contributed by atoms with Crippen LogP contribution in [0.5, 0.6) is 0 Å². The molecule has 7 nitrogen and oxygen atoms in total. The largest absolute Gasteiger partial charge is 0.495 e. The molecule has 0 unspecified atom stereocenters. The minimum Gasteiger partial charge on any atom is -0.495 e. The second kappa shape index (κ2) is 10.3. The molecule has 0 saturated carbocycles. The molecule has 0 aromatic rings. The van der Waals surface area contributed by atoms with Crippen molar-refractivity contribution in [3.8, 4) is 0 Å². The van der Waals surface area contributed by atoms with Crippen LogP contribution in [-0.4, -0.2) is 84.9 Å². The summed E-state index contributed by atoms with van der Waals surface area (Å²) in [6.45, 7) is 22.2. The first-order chi connectivity index (χ1) is 12.6. The first-order valence-corrected chi connectivity index (χ1v) is 9.34. The summed E-state index contributed by atoms with van der Waals surface area (Å²) < 4.78 is 10.6. The highest BCUT2D eigenvalue weighted by Crippen LogP contribution is 2.14. The number of ether oxygens (including phenoxy) is 2. The molecule has 1 fully saturated rings. The average Bonchev–Trinajstić information content (AvgIpc) is 2.62. The van der Waals surface area contributed by atoms with Crippen molar-refractivity contribution in [2.75, 3.05) is 53.4 Å². The number of hydrogen-bond donors (Lipinski definition) is 0. The number of likely N-dealkylation sites (N-methyl/N-ethyl adjacent to an activating group) is 1. The van der Waals surface area contributed by atoms with E-state index in [-0.39, 0.29) is 6.09 Å². The molecule has 7 heteroatoms. The summed E-state index contributed by atoms with van der Waals surface area (Å²) in [6.07, 6.45) is 2.52. The van der Waals surface area contributed by atoms with Crippen LogP contribution < -0.4 is 0 Å². The monoisotopic (exact) mass is 380 g/mol. The molecular formula is C20H36N4O3. The van der Waals surface area contributed by atoms with Gasteiger partial charge in [0.05, 0.1) is 12.8 Å². The van der Waals surface area contributed by atoms with E-state index in [0.717, 1.165) is 32.6 Å². The summed E-state index contributed by atoms with van der Waals surface area (Å²) >= 11 is 0. The number of hydrazine groups is 1. The summed E-state index contributed by atoms with van der Waals surface area (Å²) in [4.78, 5) is 16.3. The lowest BCUT2D eigenvalue weighted by Gasteiger charge is -2.37.